The Morgan fingerprint density at radius 1 is 1.11 bits per heavy atom. The van der Waals surface area contributed by atoms with Gasteiger partial charge in [0.25, 0.3) is 15.9 Å². The Kier molecular flexibility index (Phi) is 7.43. The highest BCUT2D eigenvalue weighted by Crippen LogP contribution is 2.51. The summed E-state index contributed by atoms with van der Waals surface area (Å²) in [7, 11) is -4.40. The van der Waals surface area contributed by atoms with Gasteiger partial charge in [-0.15, -0.1) is 0 Å². The predicted molar refractivity (Wildman–Crippen MR) is 142 cm³/mol. The molecule has 3 aliphatic rings. The summed E-state index contributed by atoms with van der Waals surface area (Å²) in [5.74, 6) is -4.26. The summed E-state index contributed by atoms with van der Waals surface area (Å²) in [6.07, 6.45) is 3.38. The van der Waals surface area contributed by atoms with Gasteiger partial charge < -0.3 is 15.0 Å². The normalized spacial score (nSPS) is 25.4. The molecule has 0 unspecified atom stereocenters. The summed E-state index contributed by atoms with van der Waals surface area (Å²) in [5, 5.41) is 3.43. The first kappa shape index (κ1) is 27.3. The average molecular weight is 552 g/mol. The molecule has 3 fully saturated rings. The van der Waals surface area contributed by atoms with E-state index in [-0.39, 0.29) is 23.1 Å². The molecule has 38 heavy (non-hydrogen) atoms. The summed E-state index contributed by atoms with van der Waals surface area (Å²) in [6, 6.07) is 9.37. The quantitative estimate of drug-likeness (QED) is 0.453. The van der Waals surface area contributed by atoms with Crippen LogP contribution in [0, 0.1) is 17.7 Å². The van der Waals surface area contributed by atoms with E-state index in [2.05, 4.69) is 23.9 Å². The summed E-state index contributed by atoms with van der Waals surface area (Å²) in [4.78, 5) is 1.37. The molecule has 2 atom stereocenters. The first-order valence-corrected chi connectivity index (χ1v) is 14.9. The van der Waals surface area contributed by atoms with Crippen LogP contribution in [-0.2, 0) is 20.7 Å². The van der Waals surface area contributed by atoms with E-state index in [4.69, 9.17) is 4.74 Å². The second kappa shape index (κ2) is 10.4. The fraction of sp³-hybridized carbons (Fsp3) is 0.571. The van der Waals surface area contributed by atoms with Crippen LogP contribution in [0.4, 0.5) is 24.5 Å². The van der Waals surface area contributed by atoms with E-state index < -0.39 is 38.1 Å². The van der Waals surface area contributed by atoms with Gasteiger partial charge in [0.1, 0.15) is 5.82 Å². The second-order valence-corrected chi connectivity index (χ2v) is 12.9. The number of morpholine rings is 1. The number of alkyl halides is 2. The van der Waals surface area contributed by atoms with Crippen molar-refractivity contribution in [1.82, 2.24) is 5.32 Å². The molecule has 0 radical (unpaired) electrons. The minimum absolute atomic E-state index is 0.0496. The van der Waals surface area contributed by atoms with Gasteiger partial charge in [-0.05, 0) is 70.1 Å². The van der Waals surface area contributed by atoms with Gasteiger partial charge in [-0.3, -0.25) is 4.72 Å². The molecule has 6 nitrogen and oxygen atoms in total. The van der Waals surface area contributed by atoms with Gasteiger partial charge >= 0.3 is 0 Å². The molecular formula is C28H36F3N3O3S. The zero-order valence-electron chi connectivity index (χ0n) is 21.9. The molecule has 2 saturated heterocycles. The van der Waals surface area contributed by atoms with Crippen LogP contribution in [0.5, 0.6) is 0 Å². The number of hydrogen-bond donors (Lipinski definition) is 2. The van der Waals surface area contributed by atoms with E-state index in [0.29, 0.717) is 31.8 Å². The van der Waals surface area contributed by atoms with E-state index in [1.54, 1.807) is 0 Å². The Balaban J connectivity index is 1.33. The first-order valence-electron chi connectivity index (χ1n) is 13.4. The number of rotatable bonds is 8. The summed E-state index contributed by atoms with van der Waals surface area (Å²) in [6.45, 7) is 6.90. The maximum Gasteiger partial charge on any atom is 0.277 e. The SMILES string of the molecule is C[C@@H]1CNC[C@](C)(CC2CCN(c3c(F)cccc3NS(=O)(=O)c3ccccc3C(F)(F)C3CC3)CC2)O1. The summed E-state index contributed by atoms with van der Waals surface area (Å²) in [5.41, 5.74) is -0.569. The Morgan fingerprint density at radius 2 is 1.82 bits per heavy atom. The first-order chi connectivity index (χ1) is 18.0. The number of anilines is 2. The fourth-order valence-corrected chi connectivity index (χ4v) is 7.28. The van der Waals surface area contributed by atoms with Crippen LogP contribution >= 0.6 is 0 Å². The Hall–Kier alpha value is -2.30. The largest absolute Gasteiger partial charge is 0.370 e. The number of benzene rings is 2. The average Bonchev–Trinajstić information content (AvgIpc) is 3.71. The number of hydrogen-bond acceptors (Lipinski definition) is 5. The van der Waals surface area contributed by atoms with Crippen molar-refractivity contribution in [1.29, 1.82) is 0 Å². The van der Waals surface area contributed by atoms with E-state index in [9.17, 15) is 17.2 Å². The zero-order valence-corrected chi connectivity index (χ0v) is 22.7. The van der Waals surface area contributed by atoms with Crippen molar-refractivity contribution in [3.8, 4) is 0 Å². The van der Waals surface area contributed by atoms with Crippen LogP contribution in [0.1, 0.15) is 51.5 Å². The molecule has 208 valence electrons. The van der Waals surface area contributed by atoms with Gasteiger partial charge in [-0.1, -0.05) is 24.3 Å². The van der Waals surface area contributed by atoms with E-state index in [0.717, 1.165) is 38.4 Å². The van der Waals surface area contributed by atoms with Gasteiger partial charge in [0, 0.05) is 37.7 Å². The summed E-state index contributed by atoms with van der Waals surface area (Å²) < 4.78 is 80.5. The number of nitrogens with zero attached hydrogens (tertiary/aromatic N) is 1. The third-order valence-electron chi connectivity index (χ3n) is 7.92. The molecule has 2 aromatic carbocycles. The Morgan fingerprint density at radius 3 is 2.50 bits per heavy atom. The van der Waals surface area contributed by atoms with E-state index in [1.165, 1.54) is 36.4 Å². The third-order valence-corrected chi connectivity index (χ3v) is 9.35. The number of ether oxygens (including phenoxy) is 1. The van der Waals surface area contributed by atoms with Gasteiger partial charge in [-0.25, -0.2) is 21.6 Å². The van der Waals surface area contributed by atoms with Gasteiger partial charge in [0.05, 0.1) is 28.0 Å². The lowest BCUT2D eigenvalue weighted by Crippen LogP contribution is -2.52. The van der Waals surface area contributed by atoms with Crippen molar-refractivity contribution in [3.05, 3.63) is 53.8 Å². The molecule has 5 rings (SSSR count). The molecule has 2 aliphatic heterocycles. The highest BCUT2D eigenvalue weighted by atomic mass is 32.2. The Labute approximate surface area is 223 Å². The number of nitrogens with one attached hydrogen (secondary N) is 2. The molecule has 1 aliphatic carbocycles. The van der Waals surface area contributed by atoms with Crippen LogP contribution < -0.4 is 14.9 Å². The van der Waals surface area contributed by atoms with Crippen LogP contribution in [0.2, 0.25) is 0 Å². The smallest absolute Gasteiger partial charge is 0.277 e. The lowest BCUT2D eigenvalue weighted by atomic mass is 9.84. The monoisotopic (exact) mass is 551 g/mol. The highest BCUT2D eigenvalue weighted by molar-refractivity contribution is 7.92. The molecule has 0 bridgehead atoms. The van der Waals surface area contributed by atoms with Crippen LogP contribution in [0.25, 0.3) is 0 Å². The number of piperidine rings is 1. The third kappa shape index (κ3) is 5.67. The minimum atomic E-state index is -4.40. The molecule has 2 N–H and O–H groups in total. The zero-order chi connectivity index (χ0) is 27.1. The van der Waals surface area contributed by atoms with Crippen LogP contribution in [-0.4, -0.2) is 46.3 Å². The topological polar surface area (TPSA) is 70.7 Å². The van der Waals surface area contributed by atoms with Crippen molar-refractivity contribution in [2.75, 3.05) is 35.8 Å². The Bertz CT molecular complexity index is 1260. The fourth-order valence-electron chi connectivity index (χ4n) is 5.96. The number of sulfonamides is 1. The lowest BCUT2D eigenvalue weighted by molar-refractivity contribution is -0.110. The lowest BCUT2D eigenvalue weighted by Gasteiger charge is -2.42. The van der Waals surface area contributed by atoms with E-state index in [1.807, 2.05) is 4.90 Å². The van der Waals surface area contributed by atoms with E-state index >= 15 is 4.39 Å². The minimum Gasteiger partial charge on any atom is -0.370 e. The summed E-state index contributed by atoms with van der Waals surface area (Å²) >= 11 is 0. The van der Waals surface area contributed by atoms with Crippen molar-refractivity contribution >= 4 is 21.4 Å². The molecule has 0 aromatic heterocycles. The van der Waals surface area contributed by atoms with Gasteiger partial charge in [-0.2, -0.15) is 0 Å². The van der Waals surface area contributed by atoms with Gasteiger partial charge in [0.2, 0.25) is 0 Å². The van der Waals surface area contributed by atoms with Crippen molar-refractivity contribution in [2.24, 2.45) is 11.8 Å². The predicted octanol–water partition coefficient (Wildman–Crippen LogP) is 5.50. The molecule has 2 aromatic rings. The van der Waals surface area contributed by atoms with Crippen LogP contribution in [0.3, 0.4) is 0 Å². The standard InChI is InChI=1S/C28H36F3N3O3S/c1-19-17-32-18-27(2,37-19)16-20-12-14-34(15-13-20)26-23(29)7-5-8-24(26)33-38(35,36)25-9-4-3-6-22(25)28(30,31)21-10-11-21/h3-9,19-21,32-33H,10-18H2,1-2H3/t19-,27+/m1/s1. The van der Waals surface area contributed by atoms with Crippen LogP contribution in [0.15, 0.2) is 47.4 Å². The number of para-hydroxylation sites is 1. The molecule has 0 amide bonds. The van der Waals surface area contributed by atoms with Crippen molar-refractivity contribution < 1.29 is 26.3 Å². The maximum absolute atomic E-state index is 15.1. The second-order valence-electron chi connectivity index (χ2n) is 11.3. The van der Waals surface area contributed by atoms with Gasteiger partial charge in [0.15, 0.2) is 0 Å². The van der Waals surface area contributed by atoms with Crippen molar-refractivity contribution in [3.63, 3.8) is 0 Å². The highest BCUT2D eigenvalue weighted by Gasteiger charge is 2.50. The molecule has 10 heteroatoms. The molecule has 2 heterocycles. The number of halogens is 3. The molecule has 0 spiro atoms. The molecule has 1 saturated carbocycles. The molecular weight excluding hydrogens is 515 g/mol. The van der Waals surface area contributed by atoms with Crippen molar-refractivity contribution in [2.45, 2.75) is 68.5 Å². The maximum atomic E-state index is 15.1.